The fourth-order valence-electron chi connectivity index (χ4n) is 1.57. The monoisotopic (exact) mass is 269 g/mol. The van der Waals surface area contributed by atoms with Crippen molar-refractivity contribution >= 4 is 11.5 Å². The largest absolute Gasteiger partial charge is 0.391 e. The minimum Gasteiger partial charge on any atom is -0.391 e. The molecule has 0 heterocycles. The minimum absolute atomic E-state index is 0.132. The molecule has 0 aliphatic rings. The van der Waals surface area contributed by atoms with Crippen molar-refractivity contribution in [2.75, 3.05) is 0 Å². The number of halogens is 2. The summed E-state index contributed by atoms with van der Waals surface area (Å²) in [6.07, 6.45) is -1.93. The van der Waals surface area contributed by atoms with Crippen LogP contribution in [0.2, 0.25) is 0 Å². The second kappa shape index (κ2) is 6.97. The fourth-order valence-corrected chi connectivity index (χ4v) is 1.57. The van der Waals surface area contributed by atoms with Gasteiger partial charge in [-0.15, -0.1) is 0 Å². The summed E-state index contributed by atoms with van der Waals surface area (Å²) in [6.45, 7) is 4.91. The second-order valence-electron chi connectivity index (χ2n) is 4.18. The minimum atomic E-state index is -2.64. The van der Waals surface area contributed by atoms with Crippen LogP contribution in [-0.2, 0) is 11.4 Å². The van der Waals surface area contributed by atoms with Gasteiger partial charge in [-0.25, -0.2) is 8.78 Å². The summed E-state index contributed by atoms with van der Waals surface area (Å²) in [6, 6.07) is 4.26. The van der Waals surface area contributed by atoms with Gasteiger partial charge in [0.25, 0.3) is 6.43 Å². The van der Waals surface area contributed by atoms with Crippen molar-refractivity contribution in [3.8, 4) is 0 Å². The lowest BCUT2D eigenvalue weighted by Gasteiger charge is -2.12. The maximum absolute atomic E-state index is 12.9. The summed E-state index contributed by atoms with van der Waals surface area (Å²) < 4.78 is 25.8. The molecule has 0 saturated carbocycles. The van der Waals surface area contributed by atoms with Crippen LogP contribution in [0.25, 0.3) is 0 Å². The maximum atomic E-state index is 12.9. The Morgan fingerprint density at radius 3 is 2.58 bits per heavy atom. The average Bonchev–Trinajstić information content (AvgIpc) is 2.37. The van der Waals surface area contributed by atoms with Gasteiger partial charge in [0.2, 0.25) is 0 Å². The quantitative estimate of drug-likeness (QED) is 0.442. The van der Waals surface area contributed by atoms with Crippen LogP contribution in [0.5, 0.6) is 0 Å². The number of oxime groups is 1. The number of ketones is 1. The van der Waals surface area contributed by atoms with Gasteiger partial charge in [-0.3, -0.25) is 4.79 Å². The zero-order valence-electron chi connectivity index (χ0n) is 11.2. The van der Waals surface area contributed by atoms with E-state index in [2.05, 4.69) is 5.16 Å². The maximum Gasteiger partial charge on any atom is 0.264 e. The zero-order valence-corrected chi connectivity index (χ0v) is 11.2. The van der Waals surface area contributed by atoms with Gasteiger partial charge < -0.3 is 4.84 Å². The summed E-state index contributed by atoms with van der Waals surface area (Å²) in [5, 5.41) is 3.80. The summed E-state index contributed by atoms with van der Waals surface area (Å²) >= 11 is 0. The highest BCUT2D eigenvalue weighted by Crippen LogP contribution is 2.26. The highest BCUT2D eigenvalue weighted by Gasteiger charge is 2.18. The van der Waals surface area contributed by atoms with E-state index >= 15 is 0 Å². The van der Waals surface area contributed by atoms with Crippen molar-refractivity contribution in [1.82, 2.24) is 0 Å². The van der Waals surface area contributed by atoms with E-state index in [1.807, 2.05) is 6.92 Å². The predicted octanol–water partition coefficient (Wildman–Crippen LogP) is 4.13. The van der Waals surface area contributed by atoms with Gasteiger partial charge in [0.1, 0.15) is 6.61 Å². The second-order valence-corrected chi connectivity index (χ2v) is 4.18. The summed E-state index contributed by atoms with van der Waals surface area (Å²) in [4.78, 5) is 16.5. The van der Waals surface area contributed by atoms with E-state index in [0.29, 0.717) is 0 Å². The summed E-state index contributed by atoms with van der Waals surface area (Å²) in [5.74, 6) is -0.266. The van der Waals surface area contributed by atoms with Gasteiger partial charge in [0, 0.05) is 16.7 Å². The van der Waals surface area contributed by atoms with Gasteiger partial charge in [0.15, 0.2) is 5.78 Å². The van der Waals surface area contributed by atoms with Gasteiger partial charge in [-0.2, -0.15) is 0 Å². The summed E-state index contributed by atoms with van der Waals surface area (Å²) in [5.41, 5.74) is 1.04. The van der Waals surface area contributed by atoms with Crippen LogP contribution in [-0.4, -0.2) is 11.5 Å². The van der Waals surface area contributed by atoms with Gasteiger partial charge >= 0.3 is 0 Å². The van der Waals surface area contributed by atoms with Crippen molar-refractivity contribution in [1.29, 1.82) is 0 Å². The molecule has 0 N–H and O–H groups in total. The topological polar surface area (TPSA) is 38.7 Å². The molecule has 0 amide bonds. The predicted molar refractivity (Wildman–Crippen MR) is 69.6 cm³/mol. The third-order valence-corrected chi connectivity index (χ3v) is 2.77. The van der Waals surface area contributed by atoms with Gasteiger partial charge in [0.05, 0.1) is 5.71 Å². The Labute approximate surface area is 111 Å². The Bertz CT molecular complexity index is 484. The van der Waals surface area contributed by atoms with Gasteiger partial charge in [-0.1, -0.05) is 30.3 Å². The molecule has 0 aliphatic carbocycles. The first-order valence-electron chi connectivity index (χ1n) is 6.03. The first-order valence-corrected chi connectivity index (χ1v) is 6.03. The molecule has 0 aliphatic heterocycles. The number of carbonyl (C=O) groups excluding carboxylic acids is 1. The molecule has 0 spiro atoms. The first-order chi connectivity index (χ1) is 8.97. The zero-order chi connectivity index (χ0) is 14.4. The molecular formula is C14H17F2NO2. The van der Waals surface area contributed by atoms with Crippen LogP contribution in [0.3, 0.4) is 0 Å². The molecule has 1 rings (SSSR count). The average molecular weight is 269 g/mol. The van der Waals surface area contributed by atoms with Crippen molar-refractivity contribution in [2.45, 2.75) is 40.2 Å². The SMILES string of the molecule is CCC(C)=NOCc1c(C(C)=O)cccc1C(F)F. The van der Waals surface area contributed by atoms with Crippen molar-refractivity contribution in [3.63, 3.8) is 0 Å². The highest BCUT2D eigenvalue weighted by atomic mass is 19.3. The molecule has 0 saturated heterocycles. The molecule has 0 unspecified atom stereocenters. The Kier molecular flexibility index (Phi) is 5.60. The number of hydrogen-bond acceptors (Lipinski definition) is 3. The highest BCUT2D eigenvalue weighted by molar-refractivity contribution is 5.95. The summed E-state index contributed by atoms with van der Waals surface area (Å²) in [7, 11) is 0. The Balaban J connectivity index is 3.04. The Morgan fingerprint density at radius 1 is 1.37 bits per heavy atom. The number of nitrogens with zero attached hydrogens (tertiary/aromatic N) is 1. The molecule has 1 aromatic carbocycles. The van der Waals surface area contributed by atoms with Crippen LogP contribution in [0.15, 0.2) is 23.4 Å². The number of carbonyl (C=O) groups is 1. The molecule has 5 heteroatoms. The van der Waals surface area contributed by atoms with Crippen LogP contribution >= 0.6 is 0 Å². The van der Waals surface area contributed by atoms with E-state index in [4.69, 9.17) is 4.84 Å². The fraction of sp³-hybridized carbons (Fsp3) is 0.429. The van der Waals surface area contributed by atoms with E-state index in [1.54, 1.807) is 6.92 Å². The van der Waals surface area contributed by atoms with E-state index in [9.17, 15) is 13.6 Å². The van der Waals surface area contributed by atoms with Crippen LogP contribution in [0.4, 0.5) is 8.78 Å². The molecule has 0 atom stereocenters. The third kappa shape index (κ3) is 4.12. The van der Waals surface area contributed by atoms with E-state index < -0.39 is 6.43 Å². The van der Waals surface area contributed by atoms with Crippen molar-refractivity contribution in [2.24, 2.45) is 5.16 Å². The standard InChI is InChI=1S/C14H17F2NO2/c1-4-9(2)17-19-8-13-11(10(3)18)6-5-7-12(13)14(15)16/h5-7,14H,4,8H2,1-3H3. The molecule has 0 fully saturated rings. The van der Waals surface area contributed by atoms with E-state index in [1.165, 1.54) is 25.1 Å². The molecule has 104 valence electrons. The van der Waals surface area contributed by atoms with Crippen LogP contribution in [0.1, 0.15) is 55.1 Å². The molecular weight excluding hydrogens is 252 g/mol. The number of Topliss-reactive ketones (excluding diaryl/α,β-unsaturated/α-hetero) is 1. The molecule has 0 radical (unpaired) electrons. The lowest BCUT2D eigenvalue weighted by atomic mass is 9.99. The third-order valence-electron chi connectivity index (χ3n) is 2.77. The van der Waals surface area contributed by atoms with Crippen LogP contribution in [0, 0.1) is 0 Å². The molecule has 1 aromatic rings. The molecule has 19 heavy (non-hydrogen) atoms. The lowest BCUT2D eigenvalue weighted by molar-refractivity contribution is 0.0993. The Hall–Kier alpha value is -1.78. The van der Waals surface area contributed by atoms with Crippen molar-refractivity contribution in [3.05, 3.63) is 34.9 Å². The van der Waals surface area contributed by atoms with Crippen LogP contribution < -0.4 is 0 Å². The lowest BCUT2D eigenvalue weighted by Crippen LogP contribution is -2.06. The molecule has 0 bridgehead atoms. The number of alkyl halides is 2. The number of hydrogen-bond donors (Lipinski definition) is 0. The number of benzene rings is 1. The normalized spacial score (nSPS) is 11.8. The molecule has 3 nitrogen and oxygen atoms in total. The smallest absolute Gasteiger partial charge is 0.264 e. The molecule has 0 aromatic heterocycles. The Morgan fingerprint density at radius 2 is 2.05 bits per heavy atom. The first kappa shape index (κ1) is 15.3. The van der Waals surface area contributed by atoms with E-state index in [-0.39, 0.29) is 29.1 Å². The van der Waals surface area contributed by atoms with Crippen molar-refractivity contribution < 1.29 is 18.4 Å². The number of rotatable bonds is 6. The van der Waals surface area contributed by atoms with E-state index in [0.717, 1.165) is 12.1 Å². The van der Waals surface area contributed by atoms with Gasteiger partial charge in [-0.05, 0) is 20.3 Å².